The lowest BCUT2D eigenvalue weighted by Crippen LogP contribution is -2.26. The highest BCUT2D eigenvalue weighted by Crippen LogP contribution is 2.26. The van der Waals surface area contributed by atoms with Gasteiger partial charge in [0.1, 0.15) is 0 Å². The molecular formula is C19H26N6OS. The summed E-state index contributed by atoms with van der Waals surface area (Å²) in [4.78, 5) is 14.1. The van der Waals surface area contributed by atoms with Crippen molar-refractivity contribution >= 4 is 17.7 Å². The normalized spacial score (nSPS) is 12.0. The number of nitrogens with one attached hydrogen (secondary N) is 1. The van der Waals surface area contributed by atoms with E-state index in [-0.39, 0.29) is 17.7 Å². The zero-order valence-electron chi connectivity index (χ0n) is 16.1. The highest BCUT2D eigenvalue weighted by molar-refractivity contribution is 7.99. The quantitative estimate of drug-likeness (QED) is 0.499. The maximum absolute atomic E-state index is 12.0. The van der Waals surface area contributed by atoms with Gasteiger partial charge < -0.3 is 9.88 Å². The summed E-state index contributed by atoms with van der Waals surface area (Å²) < 4.78 is 2.09. The molecule has 0 saturated carbocycles. The van der Waals surface area contributed by atoms with Crippen LogP contribution in [0.3, 0.4) is 0 Å². The lowest BCUT2D eigenvalue weighted by Gasteiger charge is -2.23. The summed E-state index contributed by atoms with van der Waals surface area (Å²) in [6.45, 7) is 3.16. The highest BCUT2D eigenvalue weighted by atomic mass is 32.2. The van der Waals surface area contributed by atoms with Gasteiger partial charge in [-0.3, -0.25) is 9.69 Å². The number of aromatic nitrogens is 3. The monoisotopic (exact) mass is 386 g/mol. The number of carbonyl (C=O) groups is 1. The average molecular weight is 387 g/mol. The van der Waals surface area contributed by atoms with Crippen molar-refractivity contribution in [3.8, 4) is 6.07 Å². The van der Waals surface area contributed by atoms with Crippen LogP contribution >= 0.6 is 11.8 Å². The zero-order chi connectivity index (χ0) is 19.6. The molecule has 1 aromatic carbocycles. The minimum atomic E-state index is -0.106. The smallest absolute Gasteiger partial charge is 0.230 e. The van der Waals surface area contributed by atoms with Crippen molar-refractivity contribution in [3.05, 3.63) is 41.7 Å². The topological polar surface area (TPSA) is 86.8 Å². The summed E-state index contributed by atoms with van der Waals surface area (Å²) >= 11 is 1.37. The van der Waals surface area contributed by atoms with E-state index in [0.29, 0.717) is 19.5 Å². The van der Waals surface area contributed by atoms with Crippen LogP contribution in [-0.4, -0.2) is 52.0 Å². The third kappa shape index (κ3) is 6.08. The molecule has 0 aliphatic heterocycles. The summed E-state index contributed by atoms with van der Waals surface area (Å²) in [5, 5.41) is 20.8. The summed E-state index contributed by atoms with van der Waals surface area (Å²) in [5.41, 5.74) is 1.16. The Labute approximate surface area is 164 Å². The maximum atomic E-state index is 12.0. The van der Waals surface area contributed by atoms with E-state index >= 15 is 0 Å². The van der Waals surface area contributed by atoms with Crippen molar-refractivity contribution in [2.75, 3.05) is 26.4 Å². The van der Waals surface area contributed by atoms with Crippen LogP contribution < -0.4 is 5.32 Å². The van der Waals surface area contributed by atoms with Crippen LogP contribution in [0, 0.1) is 11.3 Å². The van der Waals surface area contributed by atoms with Crippen molar-refractivity contribution in [2.24, 2.45) is 0 Å². The molecule has 1 heterocycles. The molecule has 1 aromatic heterocycles. The lowest BCUT2D eigenvalue weighted by atomic mass is 10.2. The molecule has 0 saturated heterocycles. The number of benzene rings is 1. The van der Waals surface area contributed by atoms with Crippen molar-refractivity contribution in [1.82, 2.24) is 25.0 Å². The predicted octanol–water partition coefficient (Wildman–Crippen LogP) is 2.46. The molecule has 2 rings (SSSR count). The van der Waals surface area contributed by atoms with Gasteiger partial charge in [0, 0.05) is 6.54 Å². The zero-order valence-corrected chi connectivity index (χ0v) is 16.9. The van der Waals surface area contributed by atoms with Gasteiger partial charge >= 0.3 is 0 Å². The number of rotatable bonds is 10. The van der Waals surface area contributed by atoms with E-state index in [1.165, 1.54) is 11.8 Å². The Balaban J connectivity index is 2.19. The van der Waals surface area contributed by atoms with Gasteiger partial charge in [-0.1, -0.05) is 49.0 Å². The van der Waals surface area contributed by atoms with Gasteiger partial charge in [0.15, 0.2) is 11.0 Å². The molecule has 2 aromatic rings. The van der Waals surface area contributed by atoms with Crippen LogP contribution in [0.2, 0.25) is 0 Å². The van der Waals surface area contributed by atoms with Crippen molar-refractivity contribution in [3.63, 3.8) is 0 Å². The number of nitriles is 1. The van der Waals surface area contributed by atoms with Gasteiger partial charge in [-0.15, -0.1) is 10.2 Å². The van der Waals surface area contributed by atoms with Crippen molar-refractivity contribution < 1.29 is 4.79 Å². The van der Waals surface area contributed by atoms with Crippen LogP contribution in [-0.2, 0) is 11.3 Å². The molecule has 0 fully saturated rings. The Bertz CT molecular complexity index is 768. The number of hydrogen-bond acceptors (Lipinski definition) is 6. The van der Waals surface area contributed by atoms with Gasteiger partial charge in [0.25, 0.3) is 0 Å². The second kappa shape index (κ2) is 10.7. The fraction of sp³-hybridized carbons (Fsp3) is 0.474. The molecular weight excluding hydrogens is 360 g/mol. The SMILES string of the molecule is CCC(c1nnc(SCC(=O)NCCC#N)n1Cc1ccccc1)N(C)C. The Hall–Kier alpha value is -2.37. The van der Waals surface area contributed by atoms with E-state index < -0.39 is 0 Å². The van der Waals surface area contributed by atoms with Gasteiger partial charge in [0.05, 0.1) is 30.8 Å². The maximum Gasteiger partial charge on any atom is 0.230 e. The average Bonchev–Trinajstić information content (AvgIpc) is 3.04. The molecule has 27 heavy (non-hydrogen) atoms. The summed E-state index contributed by atoms with van der Waals surface area (Å²) in [6, 6.07) is 12.3. The molecule has 0 bridgehead atoms. The fourth-order valence-electron chi connectivity index (χ4n) is 2.79. The summed E-state index contributed by atoms with van der Waals surface area (Å²) in [6.07, 6.45) is 1.23. The lowest BCUT2D eigenvalue weighted by molar-refractivity contribution is -0.118. The molecule has 0 spiro atoms. The predicted molar refractivity (Wildman–Crippen MR) is 106 cm³/mol. The molecule has 1 atom stereocenters. The van der Waals surface area contributed by atoms with Crippen LogP contribution in [0.25, 0.3) is 0 Å². The third-order valence-corrected chi connectivity index (χ3v) is 5.10. The van der Waals surface area contributed by atoms with Gasteiger partial charge in [-0.2, -0.15) is 5.26 Å². The van der Waals surface area contributed by atoms with Crippen LogP contribution in [0.1, 0.15) is 37.2 Å². The summed E-state index contributed by atoms with van der Waals surface area (Å²) in [7, 11) is 4.07. The van der Waals surface area contributed by atoms with Crippen LogP contribution in [0.15, 0.2) is 35.5 Å². The first-order valence-corrected chi connectivity index (χ1v) is 9.95. The van der Waals surface area contributed by atoms with Gasteiger partial charge in [-0.05, 0) is 26.1 Å². The van der Waals surface area contributed by atoms with Crippen molar-refractivity contribution in [1.29, 1.82) is 5.26 Å². The molecule has 1 amide bonds. The van der Waals surface area contributed by atoms with E-state index in [0.717, 1.165) is 23.0 Å². The van der Waals surface area contributed by atoms with Gasteiger partial charge in [0.2, 0.25) is 5.91 Å². The molecule has 144 valence electrons. The first-order chi connectivity index (χ1) is 13.1. The van der Waals surface area contributed by atoms with E-state index in [9.17, 15) is 4.79 Å². The molecule has 1 unspecified atom stereocenters. The minimum Gasteiger partial charge on any atom is -0.354 e. The third-order valence-electron chi connectivity index (χ3n) is 4.13. The van der Waals surface area contributed by atoms with Crippen LogP contribution in [0.4, 0.5) is 0 Å². The van der Waals surface area contributed by atoms with E-state index in [2.05, 4.69) is 44.0 Å². The Morgan fingerprint density at radius 2 is 2.07 bits per heavy atom. The molecule has 7 nitrogen and oxygen atoms in total. The molecule has 0 radical (unpaired) electrons. The number of amides is 1. The first-order valence-electron chi connectivity index (χ1n) is 8.96. The standard InChI is InChI=1S/C19H26N6OS/c1-4-16(24(2)3)18-22-23-19(27-14-17(26)21-12-8-11-20)25(18)13-15-9-6-5-7-10-15/h5-7,9-10,16H,4,8,12-14H2,1-3H3,(H,21,26). The Morgan fingerprint density at radius 3 is 2.70 bits per heavy atom. The van der Waals surface area contributed by atoms with Crippen molar-refractivity contribution in [2.45, 2.75) is 37.5 Å². The highest BCUT2D eigenvalue weighted by Gasteiger charge is 2.22. The fourth-order valence-corrected chi connectivity index (χ4v) is 3.56. The Morgan fingerprint density at radius 1 is 1.33 bits per heavy atom. The summed E-state index contributed by atoms with van der Waals surface area (Å²) in [5.74, 6) is 1.04. The Kier molecular flexibility index (Phi) is 8.30. The molecule has 8 heteroatoms. The largest absolute Gasteiger partial charge is 0.354 e. The number of hydrogen-bond donors (Lipinski definition) is 1. The van der Waals surface area contributed by atoms with Crippen LogP contribution in [0.5, 0.6) is 0 Å². The molecule has 0 aliphatic rings. The minimum absolute atomic E-state index is 0.106. The van der Waals surface area contributed by atoms with Gasteiger partial charge in [-0.25, -0.2) is 0 Å². The second-order valence-corrected chi connectivity index (χ2v) is 7.29. The van der Waals surface area contributed by atoms with E-state index in [1.54, 1.807) is 0 Å². The second-order valence-electron chi connectivity index (χ2n) is 6.35. The number of carbonyl (C=O) groups excluding carboxylic acids is 1. The van der Waals surface area contributed by atoms with E-state index in [4.69, 9.17) is 5.26 Å². The molecule has 1 N–H and O–H groups in total. The first kappa shape index (κ1) is 20.9. The molecule has 0 aliphatic carbocycles. The van der Waals surface area contributed by atoms with E-state index in [1.807, 2.05) is 38.4 Å². The number of thioether (sulfide) groups is 1. The number of nitrogens with zero attached hydrogens (tertiary/aromatic N) is 5.